The van der Waals surface area contributed by atoms with E-state index < -0.39 is 22.6 Å². The maximum Gasteiger partial charge on any atom is 0.269 e. The van der Waals surface area contributed by atoms with Gasteiger partial charge >= 0.3 is 0 Å². The summed E-state index contributed by atoms with van der Waals surface area (Å²) in [7, 11) is 0. The first-order valence-corrected chi connectivity index (χ1v) is 9.57. The summed E-state index contributed by atoms with van der Waals surface area (Å²) >= 11 is 0. The van der Waals surface area contributed by atoms with Gasteiger partial charge in [0.15, 0.2) is 11.5 Å². The Bertz CT molecular complexity index is 1260. The number of non-ortho nitro benzene ring substituents is 1. The lowest BCUT2D eigenvalue weighted by atomic mass is 10.1. The second-order valence-corrected chi connectivity index (χ2v) is 6.82. The molecule has 0 aliphatic carbocycles. The Balaban J connectivity index is 1.36. The lowest BCUT2D eigenvalue weighted by molar-refractivity contribution is -0.384. The van der Waals surface area contributed by atoms with Crippen LogP contribution in [0.3, 0.4) is 0 Å². The predicted molar refractivity (Wildman–Crippen MR) is 115 cm³/mol. The van der Waals surface area contributed by atoms with Crippen molar-refractivity contribution in [2.24, 2.45) is 0 Å². The van der Waals surface area contributed by atoms with E-state index in [0.717, 1.165) is 0 Å². The molecule has 0 unspecified atom stereocenters. The van der Waals surface area contributed by atoms with Crippen molar-refractivity contribution in [2.45, 2.75) is 0 Å². The zero-order valence-corrected chi connectivity index (χ0v) is 16.9. The summed E-state index contributed by atoms with van der Waals surface area (Å²) in [6.07, 6.45) is 0. The highest BCUT2D eigenvalue weighted by Crippen LogP contribution is 2.32. The van der Waals surface area contributed by atoms with E-state index in [4.69, 9.17) is 9.47 Å². The first kappa shape index (κ1) is 21.3. The van der Waals surface area contributed by atoms with Crippen LogP contribution in [0.2, 0.25) is 0 Å². The molecular weight excluding hydrogens is 432 g/mol. The van der Waals surface area contributed by atoms with Gasteiger partial charge in [0, 0.05) is 34.5 Å². The number of nitrogens with one attached hydrogen (secondary N) is 3. The summed E-state index contributed by atoms with van der Waals surface area (Å²) < 4.78 is 10.5. The molecule has 11 nitrogen and oxygen atoms in total. The van der Waals surface area contributed by atoms with Gasteiger partial charge in [0.25, 0.3) is 23.4 Å². The van der Waals surface area contributed by atoms with E-state index in [9.17, 15) is 24.5 Å². The standard InChI is InChI=1S/C22H16N4O7/c27-20(15-6-9-18-19(11-15)33-12-32-18)23-16-3-1-2-14(10-16)22(29)25-24-21(28)13-4-7-17(8-5-13)26(30)31/h1-11H,12H2,(H,23,27)(H,24,28)(H,25,29). The molecule has 11 heteroatoms. The molecule has 0 radical (unpaired) electrons. The van der Waals surface area contributed by atoms with Crippen LogP contribution < -0.4 is 25.6 Å². The Morgan fingerprint density at radius 1 is 0.758 bits per heavy atom. The third-order valence-electron chi connectivity index (χ3n) is 4.65. The van der Waals surface area contributed by atoms with Crippen LogP contribution in [-0.2, 0) is 0 Å². The zero-order chi connectivity index (χ0) is 23.4. The van der Waals surface area contributed by atoms with Gasteiger partial charge in [-0.3, -0.25) is 35.3 Å². The van der Waals surface area contributed by atoms with Crippen LogP contribution in [0.15, 0.2) is 66.7 Å². The van der Waals surface area contributed by atoms with Crippen LogP contribution in [0.1, 0.15) is 31.1 Å². The summed E-state index contributed by atoms with van der Waals surface area (Å²) in [5, 5.41) is 13.4. The van der Waals surface area contributed by atoms with Gasteiger partial charge < -0.3 is 14.8 Å². The van der Waals surface area contributed by atoms with Crippen LogP contribution in [0.4, 0.5) is 11.4 Å². The average molecular weight is 448 g/mol. The van der Waals surface area contributed by atoms with Gasteiger partial charge in [-0.2, -0.15) is 0 Å². The summed E-state index contributed by atoms with van der Waals surface area (Å²) in [5.74, 6) is -0.646. The lowest BCUT2D eigenvalue weighted by Gasteiger charge is -2.10. The number of fused-ring (bicyclic) bond motifs is 1. The molecular formula is C22H16N4O7. The first-order chi connectivity index (χ1) is 15.9. The number of hydrogen-bond acceptors (Lipinski definition) is 7. The molecule has 1 aliphatic heterocycles. The van der Waals surface area contributed by atoms with Crippen molar-refractivity contribution in [3.8, 4) is 11.5 Å². The van der Waals surface area contributed by atoms with Gasteiger partial charge in [0.1, 0.15) is 0 Å². The van der Waals surface area contributed by atoms with E-state index in [1.807, 2.05) is 0 Å². The maximum absolute atomic E-state index is 12.5. The number of benzene rings is 3. The third kappa shape index (κ3) is 4.88. The van der Waals surface area contributed by atoms with Crippen molar-refractivity contribution >= 4 is 29.1 Å². The van der Waals surface area contributed by atoms with Gasteiger partial charge in [-0.1, -0.05) is 6.07 Å². The van der Waals surface area contributed by atoms with Crippen molar-refractivity contribution in [1.29, 1.82) is 0 Å². The number of carbonyl (C=O) groups is 3. The lowest BCUT2D eigenvalue weighted by Crippen LogP contribution is -2.41. The molecule has 33 heavy (non-hydrogen) atoms. The van der Waals surface area contributed by atoms with Crippen molar-refractivity contribution in [1.82, 2.24) is 10.9 Å². The number of hydrogen-bond donors (Lipinski definition) is 3. The number of anilines is 1. The van der Waals surface area contributed by atoms with Crippen LogP contribution in [0.25, 0.3) is 0 Å². The number of ether oxygens (including phenoxy) is 2. The highest BCUT2D eigenvalue weighted by molar-refractivity contribution is 6.05. The Morgan fingerprint density at radius 2 is 1.39 bits per heavy atom. The van der Waals surface area contributed by atoms with E-state index in [0.29, 0.717) is 22.7 Å². The fraction of sp³-hybridized carbons (Fsp3) is 0.0455. The average Bonchev–Trinajstić information content (AvgIpc) is 3.30. The summed E-state index contributed by atoms with van der Waals surface area (Å²) in [6.45, 7) is 0.0955. The molecule has 0 fully saturated rings. The van der Waals surface area contributed by atoms with Gasteiger partial charge in [-0.05, 0) is 48.5 Å². The van der Waals surface area contributed by atoms with E-state index in [1.54, 1.807) is 30.3 Å². The van der Waals surface area contributed by atoms with Crippen LogP contribution in [-0.4, -0.2) is 29.4 Å². The predicted octanol–water partition coefficient (Wildman–Crippen LogP) is 2.65. The fourth-order valence-corrected chi connectivity index (χ4v) is 2.97. The smallest absolute Gasteiger partial charge is 0.269 e. The zero-order valence-electron chi connectivity index (χ0n) is 16.9. The van der Waals surface area contributed by atoms with E-state index in [-0.39, 0.29) is 23.6 Å². The molecule has 1 heterocycles. The van der Waals surface area contributed by atoms with Gasteiger partial charge in [0.05, 0.1) is 4.92 Å². The van der Waals surface area contributed by atoms with Crippen LogP contribution in [0.5, 0.6) is 11.5 Å². The molecule has 0 aromatic heterocycles. The molecule has 0 saturated heterocycles. The summed E-state index contributed by atoms with van der Waals surface area (Å²) in [4.78, 5) is 47.2. The second kappa shape index (κ2) is 9.06. The van der Waals surface area contributed by atoms with Gasteiger partial charge in [-0.25, -0.2) is 0 Å². The SMILES string of the molecule is O=C(NNC(=O)c1cccc(NC(=O)c2ccc3c(c2)OCO3)c1)c1ccc([N+](=O)[O-])cc1. The molecule has 0 spiro atoms. The van der Waals surface area contributed by atoms with Crippen LogP contribution >= 0.6 is 0 Å². The highest BCUT2D eigenvalue weighted by atomic mass is 16.7. The molecule has 0 saturated carbocycles. The Morgan fingerprint density at radius 3 is 2.12 bits per heavy atom. The maximum atomic E-state index is 12.5. The Labute approximate surface area is 186 Å². The van der Waals surface area contributed by atoms with Crippen LogP contribution in [0, 0.1) is 10.1 Å². The summed E-state index contributed by atoms with van der Waals surface area (Å²) in [5.41, 5.74) is 5.37. The largest absolute Gasteiger partial charge is 0.454 e. The number of rotatable bonds is 5. The summed E-state index contributed by atoms with van der Waals surface area (Å²) in [6, 6.07) is 15.8. The van der Waals surface area contributed by atoms with Crippen molar-refractivity contribution in [2.75, 3.05) is 12.1 Å². The quantitative estimate of drug-likeness (QED) is 0.401. The molecule has 3 N–H and O–H groups in total. The van der Waals surface area contributed by atoms with Crippen molar-refractivity contribution in [3.63, 3.8) is 0 Å². The minimum Gasteiger partial charge on any atom is -0.454 e. The van der Waals surface area contributed by atoms with E-state index in [2.05, 4.69) is 16.2 Å². The normalized spacial score (nSPS) is 11.4. The molecule has 0 bridgehead atoms. The van der Waals surface area contributed by atoms with E-state index in [1.165, 1.54) is 36.4 Å². The monoisotopic (exact) mass is 448 g/mol. The fourth-order valence-electron chi connectivity index (χ4n) is 2.97. The molecule has 3 aromatic carbocycles. The number of nitro benzene ring substituents is 1. The Hall–Kier alpha value is -4.93. The topological polar surface area (TPSA) is 149 Å². The number of amides is 3. The molecule has 0 atom stereocenters. The molecule has 3 amide bonds. The van der Waals surface area contributed by atoms with Crippen molar-refractivity contribution < 1.29 is 28.8 Å². The number of hydrazine groups is 1. The molecule has 3 aromatic rings. The molecule has 1 aliphatic rings. The Kier molecular flexibility index (Phi) is 5.85. The number of carbonyl (C=O) groups excluding carboxylic acids is 3. The van der Waals surface area contributed by atoms with Gasteiger partial charge in [0.2, 0.25) is 6.79 Å². The minimum absolute atomic E-state index is 0.0955. The molecule has 4 rings (SSSR count). The second-order valence-electron chi connectivity index (χ2n) is 6.82. The minimum atomic E-state index is -0.648. The number of nitrogens with zero attached hydrogens (tertiary/aromatic N) is 1. The third-order valence-corrected chi connectivity index (χ3v) is 4.65. The van der Waals surface area contributed by atoms with E-state index >= 15 is 0 Å². The van der Waals surface area contributed by atoms with Crippen molar-refractivity contribution in [3.05, 3.63) is 93.5 Å². The van der Waals surface area contributed by atoms with Gasteiger partial charge in [-0.15, -0.1) is 0 Å². The number of nitro groups is 1. The molecule has 166 valence electrons. The highest BCUT2D eigenvalue weighted by Gasteiger charge is 2.17. The first-order valence-electron chi connectivity index (χ1n) is 9.57.